The van der Waals surface area contributed by atoms with Crippen molar-refractivity contribution in [3.8, 4) is 5.75 Å². The molecule has 0 heterocycles. The first-order valence-electron chi connectivity index (χ1n) is 5.88. The van der Waals surface area contributed by atoms with Gasteiger partial charge in [-0.25, -0.2) is 4.39 Å². The fourth-order valence-corrected chi connectivity index (χ4v) is 2.13. The maximum atomic E-state index is 13.1. The molecule has 1 fully saturated rings. The molecular weight excluding hydrogens is 205 g/mol. The lowest BCUT2D eigenvalue weighted by molar-refractivity contribution is 0.305. The summed E-state index contributed by atoms with van der Waals surface area (Å²) in [6.45, 7) is 4.70. The second kappa shape index (κ2) is 4.73. The van der Waals surface area contributed by atoms with Crippen LogP contribution in [-0.4, -0.2) is 12.6 Å². The minimum absolute atomic E-state index is 0.254. The Balaban J connectivity index is 2.06. The van der Waals surface area contributed by atoms with Crippen LogP contribution < -0.4 is 10.1 Å². The van der Waals surface area contributed by atoms with Crippen LogP contribution in [0.15, 0.2) is 18.2 Å². The van der Waals surface area contributed by atoms with E-state index in [9.17, 15) is 4.39 Å². The van der Waals surface area contributed by atoms with E-state index in [1.54, 1.807) is 6.07 Å². The van der Waals surface area contributed by atoms with E-state index in [-0.39, 0.29) is 5.82 Å². The van der Waals surface area contributed by atoms with Crippen LogP contribution in [0, 0.1) is 11.7 Å². The molecule has 0 bridgehead atoms. The standard InChI is InChI=1S/C13H18FNO/c1-3-16-13-8-10(14)4-5-12(13)15-11-6-9(2)7-11/h4-5,8-9,11,15H,3,6-7H2,1-2H3. The summed E-state index contributed by atoms with van der Waals surface area (Å²) >= 11 is 0. The molecule has 0 aliphatic heterocycles. The second-order valence-electron chi connectivity index (χ2n) is 4.49. The third kappa shape index (κ3) is 2.46. The molecule has 0 saturated heterocycles. The van der Waals surface area contributed by atoms with Gasteiger partial charge >= 0.3 is 0 Å². The highest BCUT2D eigenvalue weighted by molar-refractivity contribution is 5.57. The first kappa shape index (κ1) is 11.2. The van der Waals surface area contributed by atoms with Gasteiger partial charge in [-0.05, 0) is 37.8 Å². The molecule has 3 heteroatoms. The van der Waals surface area contributed by atoms with Crippen LogP contribution in [0.4, 0.5) is 10.1 Å². The van der Waals surface area contributed by atoms with E-state index in [4.69, 9.17) is 4.74 Å². The quantitative estimate of drug-likeness (QED) is 0.844. The van der Waals surface area contributed by atoms with Crippen molar-refractivity contribution in [2.75, 3.05) is 11.9 Å². The van der Waals surface area contributed by atoms with Gasteiger partial charge in [-0.15, -0.1) is 0 Å². The van der Waals surface area contributed by atoms with E-state index in [0.29, 0.717) is 18.4 Å². The molecule has 1 aliphatic carbocycles. The molecule has 0 unspecified atom stereocenters. The van der Waals surface area contributed by atoms with E-state index < -0.39 is 0 Å². The highest BCUT2D eigenvalue weighted by atomic mass is 19.1. The first-order valence-corrected chi connectivity index (χ1v) is 5.88. The molecule has 0 spiro atoms. The molecule has 0 radical (unpaired) electrons. The molecule has 16 heavy (non-hydrogen) atoms. The van der Waals surface area contributed by atoms with Crippen LogP contribution in [0.5, 0.6) is 5.75 Å². The summed E-state index contributed by atoms with van der Waals surface area (Å²) in [6, 6.07) is 5.17. The Labute approximate surface area is 95.8 Å². The lowest BCUT2D eigenvalue weighted by Crippen LogP contribution is -2.33. The number of hydrogen-bond acceptors (Lipinski definition) is 2. The maximum absolute atomic E-state index is 13.1. The number of halogens is 1. The van der Waals surface area contributed by atoms with Gasteiger partial charge < -0.3 is 10.1 Å². The predicted octanol–water partition coefficient (Wildman–Crippen LogP) is 3.43. The molecule has 1 aromatic carbocycles. The van der Waals surface area contributed by atoms with Crippen molar-refractivity contribution in [3.05, 3.63) is 24.0 Å². The Hall–Kier alpha value is -1.25. The molecule has 2 nitrogen and oxygen atoms in total. The average molecular weight is 223 g/mol. The van der Waals surface area contributed by atoms with E-state index in [2.05, 4.69) is 12.2 Å². The second-order valence-corrected chi connectivity index (χ2v) is 4.49. The normalized spacial score (nSPS) is 23.7. The third-order valence-electron chi connectivity index (χ3n) is 2.98. The SMILES string of the molecule is CCOc1cc(F)ccc1NC1CC(C)C1. The molecule has 0 atom stereocenters. The summed E-state index contributed by atoms with van der Waals surface area (Å²) < 4.78 is 18.5. The van der Waals surface area contributed by atoms with Crippen LogP contribution in [-0.2, 0) is 0 Å². The van der Waals surface area contributed by atoms with Crippen molar-refractivity contribution < 1.29 is 9.13 Å². The molecule has 0 aromatic heterocycles. The molecule has 1 aromatic rings. The Morgan fingerprint density at radius 1 is 1.44 bits per heavy atom. The molecule has 1 N–H and O–H groups in total. The fourth-order valence-electron chi connectivity index (χ4n) is 2.13. The summed E-state index contributed by atoms with van der Waals surface area (Å²) in [4.78, 5) is 0. The highest BCUT2D eigenvalue weighted by Crippen LogP contribution is 2.33. The van der Waals surface area contributed by atoms with Gasteiger partial charge in [-0.3, -0.25) is 0 Å². The molecule has 2 rings (SSSR count). The van der Waals surface area contributed by atoms with Crippen LogP contribution in [0.25, 0.3) is 0 Å². The van der Waals surface area contributed by atoms with Crippen LogP contribution >= 0.6 is 0 Å². The monoisotopic (exact) mass is 223 g/mol. The number of hydrogen-bond donors (Lipinski definition) is 1. The number of anilines is 1. The zero-order chi connectivity index (χ0) is 11.5. The average Bonchev–Trinajstić information content (AvgIpc) is 2.20. The van der Waals surface area contributed by atoms with E-state index in [0.717, 1.165) is 11.6 Å². The molecule has 1 aliphatic rings. The molecule has 1 saturated carbocycles. The van der Waals surface area contributed by atoms with Gasteiger partial charge in [-0.2, -0.15) is 0 Å². The van der Waals surface area contributed by atoms with Crippen molar-refractivity contribution >= 4 is 5.69 Å². The zero-order valence-corrected chi connectivity index (χ0v) is 9.79. The summed E-state index contributed by atoms with van der Waals surface area (Å²) in [6.07, 6.45) is 2.37. The maximum Gasteiger partial charge on any atom is 0.145 e. The summed E-state index contributed by atoms with van der Waals surface area (Å²) in [5.41, 5.74) is 0.903. The summed E-state index contributed by atoms with van der Waals surface area (Å²) in [7, 11) is 0. The zero-order valence-electron chi connectivity index (χ0n) is 9.79. The van der Waals surface area contributed by atoms with Crippen molar-refractivity contribution in [1.82, 2.24) is 0 Å². The van der Waals surface area contributed by atoms with Gasteiger partial charge in [0.1, 0.15) is 11.6 Å². The first-order chi connectivity index (χ1) is 7.69. The Kier molecular flexibility index (Phi) is 3.32. The molecule has 88 valence electrons. The van der Waals surface area contributed by atoms with Gasteiger partial charge in [-0.1, -0.05) is 6.92 Å². The van der Waals surface area contributed by atoms with Gasteiger partial charge in [0.2, 0.25) is 0 Å². The molecular formula is C13H18FNO. The van der Waals surface area contributed by atoms with Crippen LogP contribution in [0.3, 0.4) is 0 Å². The minimum atomic E-state index is -0.254. The van der Waals surface area contributed by atoms with Gasteiger partial charge in [0.15, 0.2) is 0 Å². The largest absolute Gasteiger partial charge is 0.492 e. The number of rotatable bonds is 4. The topological polar surface area (TPSA) is 21.3 Å². The van der Waals surface area contributed by atoms with E-state index in [1.807, 2.05) is 6.92 Å². The summed E-state index contributed by atoms with van der Waals surface area (Å²) in [5, 5.41) is 3.40. The van der Waals surface area contributed by atoms with Crippen molar-refractivity contribution in [2.45, 2.75) is 32.7 Å². The smallest absolute Gasteiger partial charge is 0.145 e. The lowest BCUT2D eigenvalue weighted by Gasteiger charge is -2.34. The molecule has 0 amide bonds. The summed E-state index contributed by atoms with van der Waals surface area (Å²) in [5.74, 6) is 1.16. The Morgan fingerprint density at radius 3 is 2.81 bits per heavy atom. The van der Waals surface area contributed by atoms with Gasteiger partial charge in [0, 0.05) is 12.1 Å². The minimum Gasteiger partial charge on any atom is -0.492 e. The van der Waals surface area contributed by atoms with Crippen molar-refractivity contribution in [1.29, 1.82) is 0 Å². The van der Waals surface area contributed by atoms with E-state index >= 15 is 0 Å². The highest BCUT2D eigenvalue weighted by Gasteiger charge is 2.25. The Bertz CT molecular complexity index is 361. The number of benzene rings is 1. The fraction of sp³-hybridized carbons (Fsp3) is 0.538. The predicted molar refractivity (Wildman–Crippen MR) is 63.4 cm³/mol. The third-order valence-corrected chi connectivity index (χ3v) is 2.98. The van der Waals surface area contributed by atoms with Crippen molar-refractivity contribution in [3.63, 3.8) is 0 Å². The van der Waals surface area contributed by atoms with Crippen molar-refractivity contribution in [2.24, 2.45) is 5.92 Å². The number of ether oxygens (including phenoxy) is 1. The van der Waals surface area contributed by atoms with Gasteiger partial charge in [0.05, 0.1) is 12.3 Å². The number of nitrogens with one attached hydrogen (secondary N) is 1. The van der Waals surface area contributed by atoms with Crippen LogP contribution in [0.2, 0.25) is 0 Å². The van der Waals surface area contributed by atoms with Crippen LogP contribution in [0.1, 0.15) is 26.7 Å². The lowest BCUT2D eigenvalue weighted by atomic mass is 9.82. The Morgan fingerprint density at radius 2 is 2.19 bits per heavy atom. The van der Waals surface area contributed by atoms with Gasteiger partial charge in [0.25, 0.3) is 0 Å². The van der Waals surface area contributed by atoms with E-state index in [1.165, 1.54) is 25.0 Å².